The van der Waals surface area contributed by atoms with Crippen LogP contribution in [0.2, 0.25) is 5.02 Å². The summed E-state index contributed by atoms with van der Waals surface area (Å²) < 4.78 is 0. The second-order valence-corrected chi connectivity index (χ2v) is 7.44. The number of anilines is 1. The Morgan fingerprint density at radius 3 is 2.58 bits per heavy atom. The van der Waals surface area contributed by atoms with Crippen LogP contribution >= 0.6 is 11.6 Å². The summed E-state index contributed by atoms with van der Waals surface area (Å²) in [5.41, 5.74) is 6.72. The molecule has 0 amide bonds. The lowest BCUT2D eigenvalue weighted by molar-refractivity contribution is 0.598. The summed E-state index contributed by atoms with van der Waals surface area (Å²) in [7, 11) is 2.11. The van der Waals surface area contributed by atoms with Gasteiger partial charge in [-0.15, -0.1) is 0 Å². The third-order valence-electron chi connectivity index (χ3n) is 4.69. The molecule has 0 aliphatic carbocycles. The van der Waals surface area contributed by atoms with Gasteiger partial charge in [0.25, 0.3) is 0 Å². The van der Waals surface area contributed by atoms with Crippen molar-refractivity contribution in [2.45, 2.75) is 33.2 Å². The topological polar surface area (TPSA) is 15.6 Å². The van der Waals surface area contributed by atoms with Crippen LogP contribution < -0.4 is 4.90 Å². The Labute approximate surface area is 149 Å². The normalized spacial score (nSPS) is 16.2. The van der Waals surface area contributed by atoms with E-state index < -0.39 is 0 Å². The number of hydrogen-bond donors (Lipinski definition) is 0. The van der Waals surface area contributed by atoms with E-state index in [1.54, 1.807) is 0 Å². The highest BCUT2D eigenvalue weighted by molar-refractivity contribution is 6.33. The van der Waals surface area contributed by atoms with Gasteiger partial charge in [-0.05, 0) is 63.1 Å². The number of nitrogens with zero attached hydrogens (tertiary/aromatic N) is 2. The van der Waals surface area contributed by atoms with Crippen molar-refractivity contribution in [2.24, 2.45) is 4.99 Å². The minimum atomic E-state index is -0.0163. The molecule has 1 aliphatic rings. The molecule has 0 radical (unpaired) electrons. The molecule has 0 spiro atoms. The van der Waals surface area contributed by atoms with Crippen LogP contribution in [0.5, 0.6) is 0 Å². The molecule has 124 valence electrons. The molecule has 0 bridgehead atoms. The van der Waals surface area contributed by atoms with Gasteiger partial charge in [0.15, 0.2) is 0 Å². The molecule has 3 rings (SSSR count). The average molecular weight is 339 g/mol. The molecule has 0 aromatic heterocycles. The van der Waals surface area contributed by atoms with E-state index in [1.165, 1.54) is 16.7 Å². The Kier molecular flexibility index (Phi) is 4.27. The van der Waals surface area contributed by atoms with Crippen LogP contribution in [0.4, 0.5) is 11.4 Å². The highest BCUT2D eigenvalue weighted by Gasteiger charge is 2.28. The van der Waals surface area contributed by atoms with Gasteiger partial charge in [0.2, 0.25) is 0 Å². The third-order valence-corrected chi connectivity index (χ3v) is 5.02. The number of benzene rings is 2. The zero-order valence-corrected chi connectivity index (χ0v) is 15.6. The largest absolute Gasteiger partial charge is 0.365 e. The predicted molar refractivity (Wildman–Crippen MR) is 106 cm³/mol. The molecule has 0 N–H and O–H groups in total. The fraction of sp³-hybridized carbons (Fsp3) is 0.286. The summed E-state index contributed by atoms with van der Waals surface area (Å²) in [6.07, 6.45) is 4.15. The zero-order valence-electron chi connectivity index (χ0n) is 14.9. The molecule has 3 heteroatoms. The number of halogens is 1. The molecule has 0 unspecified atom stereocenters. The SMILES string of the molecule is CC1=CC(C)(C)N(C)c2cc(Cl)c(C=Nc3cccc(C)c3)cc21. The summed E-state index contributed by atoms with van der Waals surface area (Å²) in [6.45, 7) is 8.64. The van der Waals surface area contributed by atoms with Crippen LogP contribution in [0.1, 0.15) is 37.5 Å². The monoisotopic (exact) mass is 338 g/mol. The van der Waals surface area contributed by atoms with Crippen LogP contribution in [0, 0.1) is 6.92 Å². The van der Waals surface area contributed by atoms with Crippen molar-refractivity contribution >= 4 is 34.8 Å². The van der Waals surface area contributed by atoms with E-state index in [4.69, 9.17) is 11.6 Å². The van der Waals surface area contributed by atoms with Gasteiger partial charge in [-0.1, -0.05) is 29.8 Å². The zero-order chi connectivity index (χ0) is 17.5. The van der Waals surface area contributed by atoms with Gasteiger partial charge in [-0.25, -0.2) is 0 Å². The molecule has 1 aliphatic heterocycles. The molecule has 0 atom stereocenters. The van der Waals surface area contributed by atoms with Crippen molar-refractivity contribution < 1.29 is 0 Å². The highest BCUT2D eigenvalue weighted by Crippen LogP contribution is 2.40. The third kappa shape index (κ3) is 3.11. The number of fused-ring (bicyclic) bond motifs is 1. The number of aryl methyl sites for hydroxylation is 1. The molecule has 0 saturated heterocycles. The van der Waals surface area contributed by atoms with Crippen LogP contribution in [0.25, 0.3) is 5.57 Å². The number of rotatable bonds is 2. The predicted octanol–water partition coefficient (Wildman–Crippen LogP) is 6.03. The van der Waals surface area contributed by atoms with Gasteiger partial charge in [0.05, 0.1) is 16.2 Å². The van der Waals surface area contributed by atoms with E-state index in [9.17, 15) is 0 Å². The molecule has 0 saturated carbocycles. The quantitative estimate of drug-likeness (QED) is 0.610. The Hall–Kier alpha value is -2.06. The summed E-state index contributed by atoms with van der Waals surface area (Å²) in [5, 5.41) is 0.725. The average Bonchev–Trinajstić information content (AvgIpc) is 2.51. The molecule has 2 aromatic rings. The molecule has 24 heavy (non-hydrogen) atoms. The Morgan fingerprint density at radius 2 is 1.88 bits per heavy atom. The van der Waals surface area contributed by atoms with E-state index >= 15 is 0 Å². The molecule has 1 heterocycles. The van der Waals surface area contributed by atoms with Crippen molar-refractivity contribution in [2.75, 3.05) is 11.9 Å². The van der Waals surface area contributed by atoms with E-state index in [0.29, 0.717) is 0 Å². The van der Waals surface area contributed by atoms with Gasteiger partial charge in [-0.2, -0.15) is 0 Å². The standard InChI is InChI=1S/C21H23ClN2/c1-14-7-6-8-17(9-14)23-13-16-10-18-15(2)12-21(3,4)24(5)20(18)11-19(16)22/h6-13H,1-5H3. The molecular weight excluding hydrogens is 316 g/mol. The summed E-state index contributed by atoms with van der Waals surface area (Å²) >= 11 is 6.53. The van der Waals surface area contributed by atoms with Gasteiger partial charge >= 0.3 is 0 Å². The fourth-order valence-electron chi connectivity index (χ4n) is 3.14. The Bertz CT molecular complexity index is 847. The molecule has 2 nitrogen and oxygen atoms in total. The Balaban J connectivity index is 2.02. The molecule has 0 fully saturated rings. The van der Waals surface area contributed by atoms with Gasteiger partial charge in [-0.3, -0.25) is 4.99 Å². The van der Waals surface area contributed by atoms with Gasteiger partial charge < -0.3 is 4.90 Å². The highest BCUT2D eigenvalue weighted by atomic mass is 35.5. The molecular formula is C21H23ClN2. The van der Waals surface area contributed by atoms with Crippen molar-refractivity contribution in [1.82, 2.24) is 0 Å². The summed E-state index contributed by atoms with van der Waals surface area (Å²) in [6, 6.07) is 12.3. The fourth-order valence-corrected chi connectivity index (χ4v) is 3.35. The van der Waals surface area contributed by atoms with Crippen LogP contribution in [0.3, 0.4) is 0 Å². The number of allylic oxidation sites excluding steroid dienone is 1. The number of hydrogen-bond acceptors (Lipinski definition) is 2. The second kappa shape index (κ2) is 6.10. The van der Waals surface area contributed by atoms with Crippen molar-refractivity contribution in [1.29, 1.82) is 0 Å². The first kappa shape index (κ1) is 16.8. The van der Waals surface area contributed by atoms with Gasteiger partial charge in [0, 0.05) is 30.1 Å². The molecule has 2 aromatic carbocycles. The maximum atomic E-state index is 6.53. The lowest BCUT2D eigenvalue weighted by Crippen LogP contribution is -2.42. The maximum absolute atomic E-state index is 6.53. The number of aliphatic imine (C=N–C) groups is 1. The smallest absolute Gasteiger partial charge is 0.0632 e. The van der Waals surface area contributed by atoms with Crippen molar-refractivity contribution in [3.63, 3.8) is 0 Å². The minimum Gasteiger partial charge on any atom is -0.365 e. The van der Waals surface area contributed by atoms with Crippen molar-refractivity contribution in [3.8, 4) is 0 Å². The lowest BCUT2D eigenvalue weighted by Gasteiger charge is -2.40. The minimum absolute atomic E-state index is 0.0163. The van der Waals surface area contributed by atoms with Gasteiger partial charge in [0.1, 0.15) is 0 Å². The Morgan fingerprint density at radius 1 is 1.12 bits per heavy atom. The summed E-state index contributed by atoms with van der Waals surface area (Å²) in [4.78, 5) is 6.84. The first-order valence-corrected chi connectivity index (χ1v) is 8.54. The number of likely N-dealkylation sites (N-methyl/N-ethyl adjacent to an activating group) is 1. The lowest BCUT2D eigenvalue weighted by atomic mass is 9.88. The van der Waals surface area contributed by atoms with E-state index in [-0.39, 0.29) is 5.54 Å². The second-order valence-electron chi connectivity index (χ2n) is 7.03. The maximum Gasteiger partial charge on any atom is 0.0632 e. The van der Waals surface area contributed by atoms with E-state index in [1.807, 2.05) is 24.4 Å². The van der Waals surface area contributed by atoms with E-state index in [0.717, 1.165) is 22.0 Å². The van der Waals surface area contributed by atoms with Crippen LogP contribution in [0.15, 0.2) is 47.5 Å². The first-order valence-electron chi connectivity index (χ1n) is 8.16. The van der Waals surface area contributed by atoms with Crippen molar-refractivity contribution in [3.05, 3.63) is 64.2 Å². The van der Waals surface area contributed by atoms with Crippen LogP contribution in [-0.2, 0) is 0 Å². The van der Waals surface area contributed by atoms with Crippen LogP contribution in [-0.4, -0.2) is 18.8 Å². The summed E-state index contributed by atoms with van der Waals surface area (Å²) in [5.74, 6) is 0. The van der Waals surface area contributed by atoms with E-state index in [2.05, 4.69) is 68.9 Å². The first-order chi connectivity index (χ1) is 11.3.